The third-order valence-electron chi connectivity index (χ3n) is 2.92. The van der Waals surface area contributed by atoms with Gasteiger partial charge < -0.3 is 10.4 Å². The van der Waals surface area contributed by atoms with E-state index in [2.05, 4.69) is 15.3 Å². The molecule has 1 aromatic heterocycles. The van der Waals surface area contributed by atoms with Crippen LogP contribution in [0.1, 0.15) is 31.1 Å². The van der Waals surface area contributed by atoms with Crippen LogP contribution in [-0.2, 0) is 6.42 Å². The molecule has 0 saturated carbocycles. The highest BCUT2D eigenvalue weighted by atomic mass is 19.1. The van der Waals surface area contributed by atoms with Crippen LogP contribution < -0.4 is 5.32 Å². The monoisotopic (exact) mass is 261 g/mol. The van der Waals surface area contributed by atoms with Gasteiger partial charge in [-0.05, 0) is 31.0 Å². The van der Waals surface area contributed by atoms with Crippen molar-refractivity contribution in [1.82, 2.24) is 9.97 Å². The van der Waals surface area contributed by atoms with Gasteiger partial charge in [0.15, 0.2) is 11.6 Å². The highest BCUT2D eigenvalue weighted by Crippen LogP contribution is 2.23. The van der Waals surface area contributed by atoms with Gasteiger partial charge in [0.1, 0.15) is 12.1 Å². The molecule has 1 atom stereocenters. The number of hydrogen-bond donors (Lipinski definition) is 2. The van der Waals surface area contributed by atoms with Gasteiger partial charge in [-0.2, -0.15) is 0 Å². The van der Waals surface area contributed by atoms with E-state index in [0.717, 1.165) is 5.56 Å². The third kappa shape index (κ3) is 2.99. The number of nitrogens with zero attached hydrogens (tertiary/aromatic N) is 2. The first-order chi connectivity index (χ1) is 9.11. The lowest BCUT2D eigenvalue weighted by Crippen LogP contribution is -2.11. The zero-order chi connectivity index (χ0) is 13.8. The van der Waals surface area contributed by atoms with Crippen LogP contribution in [0.5, 0.6) is 5.75 Å². The van der Waals surface area contributed by atoms with Crippen molar-refractivity contribution in [2.24, 2.45) is 0 Å². The fraction of sp³-hybridized carbons (Fsp3) is 0.286. The predicted octanol–water partition coefficient (Wildman–Crippen LogP) is 3.06. The van der Waals surface area contributed by atoms with E-state index >= 15 is 0 Å². The van der Waals surface area contributed by atoms with Gasteiger partial charge in [-0.3, -0.25) is 0 Å². The second-order valence-corrected chi connectivity index (χ2v) is 4.30. The van der Waals surface area contributed by atoms with Crippen molar-refractivity contribution in [3.63, 3.8) is 0 Å². The summed E-state index contributed by atoms with van der Waals surface area (Å²) in [6, 6.07) is 6.67. The molecule has 5 heteroatoms. The van der Waals surface area contributed by atoms with Crippen molar-refractivity contribution >= 4 is 5.82 Å². The highest BCUT2D eigenvalue weighted by molar-refractivity contribution is 5.41. The number of aryl methyl sites for hydroxylation is 1. The number of nitrogens with one attached hydrogen (secondary N) is 1. The number of halogens is 1. The fourth-order valence-electron chi connectivity index (χ4n) is 1.84. The van der Waals surface area contributed by atoms with Crippen LogP contribution in [0.25, 0.3) is 0 Å². The zero-order valence-electron chi connectivity index (χ0n) is 10.9. The lowest BCUT2D eigenvalue weighted by Gasteiger charge is -2.16. The van der Waals surface area contributed by atoms with E-state index in [1.807, 2.05) is 19.9 Å². The molecule has 2 aromatic rings. The van der Waals surface area contributed by atoms with Gasteiger partial charge in [0.05, 0.1) is 11.7 Å². The van der Waals surface area contributed by atoms with Crippen molar-refractivity contribution in [1.29, 1.82) is 0 Å². The summed E-state index contributed by atoms with van der Waals surface area (Å²) < 4.78 is 14.0. The Labute approximate surface area is 111 Å². The number of rotatable bonds is 4. The second kappa shape index (κ2) is 5.65. The van der Waals surface area contributed by atoms with Crippen molar-refractivity contribution < 1.29 is 9.50 Å². The van der Waals surface area contributed by atoms with Crippen LogP contribution in [0.3, 0.4) is 0 Å². The van der Waals surface area contributed by atoms with E-state index in [0.29, 0.717) is 12.1 Å². The number of phenols is 1. The second-order valence-electron chi connectivity index (χ2n) is 4.30. The molecule has 0 spiro atoms. The summed E-state index contributed by atoms with van der Waals surface area (Å²) in [4.78, 5) is 7.80. The van der Waals surface area contributed by atoms with E-state index in [9.17, 15) is 9.50 Å². The van der Waals surface area contributed by atoms with Crippen LogP contribution >= 0.6 is 0 Å². The maximum Gasteiger partial charge on any atom is 0.186 e. The molecule has 0 unspecified atom stereocenters. The van der Waals surface area contributed by atoms with E-state index in [1.54, 1.807) is 18.2 Å². The molecule has 0 aliphatic carbocycles. The quantitative estimate of drug-likeness (QED) is 0.888. The Hall–Kier alpha value is -2.17. The van der Waals surface area contributed by atoms with Gasteiger partial charge in [0.25, 0.3) is 0 Å². The minimum absolute atomic E-state index is 0.166. The van der Waals surface area contributed by atoms with Gasteiger partial charge in [-0.15, -0.1) is 0 Å². The molecule has 0 saturated heterocycles. The largest absolute Gasteiger partial charge is 0.508 e. The summed E-state index contributed by atoms with van der Waals surface area (Å²) in [5.41, 5.74) is 1.25. The first kappa shape index (κ1) is 13.3. The van der Waals surface area contributed by atoms with Crippen LogP contribution in [0.15, 0.2) is 30.6 Å². The molecular weight excluding hydrogens is 245 g/mol. The summed E-state index contributed by atoms with van der Waals surface area (Å²) in [5, 5.41) is 12.4. The van der Waals surface area contributed by atoms with E-state index in [1.165, 1.54) is 6.33 Å². The molecule has 100 valence electrons. The molecule has 1 heterocycles. The number of hydrogen-bond acceptors (Lipinski definition) is 4. The molecule has 0 bridgehead atoms. The Kier molecular flexibility index (Phi) is 3.94. The molecule has 19 heavy (non-hydrogen) atoms. The van der Waals surface area contributed by atoms with Crippen molar-refractivity contribution in [3.05, 3.63) is 47.7 Å². The van der Waals surface area contributed by atoms with Gasteiger partial charge >= 0.3 is 0 Å². The first-order valence-electron chi connectivity index (χ1n) is 6.16. The number of aromatic nitrogens is 2. The molecule has 0 radical (unpaired) electrons. The molecule has 0 aliphatic heterocycles. The summed E-state index contributed by atoms with van der Waals surface area (Å²) in [7, 11) is 0. The van der Waals surface area contributed by atoms with Crippen molar-refractivity contribution in [3.8, 4) is 5.75 Å². The minimum Gasteiger partial charge on any atom is -0.508 e. The fourth-order valence-corrected chi connectivity index (χ4v) is 1.84. The van der Waals surface area contributed by atoms with Gasteiger partial charge in [0.2, 0.25) is 0 Å². The number of aromatic hydroxyl groups is 1. The minimum atomic E-state index is -0.419. The average Bonchev–Trinajstić information content (AvgIpc) is 2.41. The molecular formula is C14H16FN3O. The molecule has 0 aliphatic rings. The molecule has 0 fully saturated rings. The van der Waals surface area contributed by atoms with Crippen LogP contribution in [0, 0.1) is 5.82 Å². The standard InChI is InChI=1S/C14H16FN3O/c1-3-12-13(15)14(17-8-16-12)18-9(2)10-5-4-6-11(19)7-10/h4-9,19H,3H2,1-2H3,(H,16,17,18)/t9-/m0/s1. The number of phenolic OH excluding ortho intramolecular Hbond substituents is 1. The lowest BCUT2D eigenvalue weighted by molar-refractivity contribution is 0.474. The lowest BCUT2D eigenvalue weighted by atomic mass is 10.1. The van der Waals surface area contributed by atoms with Crippen LogP contribution in [0.2, 0.25) is 0 Å². The van der Waals surface area contributed by atoms with Crippen molar-refractivity contribution in [2.45, 2.75) is 26.3 Å². The zero-order valence-corrected chi connectivity index (χ0v) is 10.9. The van der Waals surface area contributed by atoms with Crippen LogP contribution in [-0.4, -0.2) is 15.1 Å². The predicted molar refractivity (Wildman–Crippen MR) is 71.5 cm³/mol. The van der Waals surface area contributed by atoms with Gasteiger partial charge in [-0.1, -0.05) is 19.1 Å². The summed E-state index contributed by atoms with van der Waals surface area (Å²) in [5.74, 6) is -0.0525. The van der Waals surface area contributed by atoms with Crippen LogP contribution in [0.4, 0.5) is 10.2 Å². The first-order valence-corrected chi connectivity index (χ1v) is 6.16. The normalized spacial score (nSPS) is 12.2. The number of anilines is 1. The van der Waals surface area contributed by atoms with E-state index in [4.69, 9.17) is 0 Å². The summed E-state index contributed by atoms with van der Waals surface area (Å²) in [6.45, 7) is 3.72. The topological polar surface area (TPSA) is 58.0 Å². The highest BCUT2D eigenvalue weighted by Gasteiger charge is 2.13. The Bertz CT molecular complexity index is 574. The number of benzene rings is 1. The third-order valence-corrected chi connectivity index (χ3v) is 2.92. The summed E-state index contributed by atoms with van der Waals surface area (Å²) in [6.07, 6.45) is 1.86. The average molecular weight is 261 g/mol. The van der Waals surface area contributed by atoms with E-state index in [-0.39, 0.29) is 17.6 Å². The molecule has 1 aromatic carbocycles. The smallest absolute Gasteiger partial charge is 0.186 e. The Morgan fingerprint density at radius 1 is 1.37 bits per heavy atom. The van der Waals surface area contributed by atoms with Gasteiger partial charge in [0, 0.05) is 0 Å². The van der Waals surface area contributed by atoms with Gasteiger partial charge in [-0.25, -0.2) is 14.4 Å². The molecule has 2 N–H and O–H groups in total. The Morgan fingerprint density at radius 3 is 2.84 bits per heavy atom. The SMILES string of the molecule is CCc1ncnc(N[C@@H](C)c2cccc(O)c2)c1F. The molecule has 0 amide bonds. The molecule has 4 nitrogen and oxygen atoms in total. The Balaban J connectivity index is 2.21. The van der Waals surface area contributed by atoms with E-state index < -0.39 is 5.82 Å². The maximum absolute atomic E-state index is 14.0. The maximum atomic E-state index is 14.0. The summed E-state index contributed by atoms with van der Waals surface area (Å²) >= 11 is 0. The Morgan fingerprint density at radius 2 is 2.16 bits per heavy atom. The molecule has 2 rings (SSSR count). The van der Waals surface area contributed by atoms with Crippen molar-refractivity contribution in [2.75, 3.05) is 5.32 Å².